The van der Waals surface area contributed by atoms with Crippen molar-refractivity contribution in [1.82, 2.24) is 9.62 Å². The third kappa shape index (κ3) is 3.10. The molecule has 0 bridgehead atoms. The molecule has 0 aliphatic carbocycles. The molecule has 0 saturated carbocycles. The zero-order valence-electron chi connectivity index (χ0n) is 10.7. The lowest BCUT2D eigenvalue weighted by molar-refractivity contribution is 0.263. The lowest BCUT2D eigenvalue weighted by atomic mass is 10.2. The van der Waals surface area contributed by atoms with Crippen molar-refractivity contribution in [3.05, 3.63) is 29.8 Å². The molecule has 1 aliphatic heterocycles. The molecule has 1 aromatic rings. The van der Waals surface area contributed by atoms with Gasteiger partial charge in [-0.25, -0.2) is 17.2 Å². The van der Waals surface area contributed by atoms with Gasteiger partial charge in [0.2, 0.25) is 10.0 Å². The summed E-state index contributed by atoms with van der Waals surface area (Å²) >= 11 is 0. The van der Waals surface area contributed by atoms with Crippen molar-refractivity contribution in [1.29, 1.82) is 0 Å². The third-order valence-corrected chi connectivity index (χ3v) is 4.81. The lowest BCUT2D eigenvalue weighted by Crippen LogP contribution is -2.55. The Labute approximate surface area is 111 Å². The van der Waals surface area contributed by atoms with Gasteiger partial charge in [0, 0.05) is 31.2 Å². The molecule has 2 unspecified atom stereocenters. The number of nitrogens with one attached hydrogen (secondary N) is 1. The highest BCUT2D eigenvalue weighted by atomic mass is 32.2. The minimum absolute atomic E-state index is 0.00284. The molecule has 106 valence electrons. The minimum Gasteiger partial charge on any atom is -0.309 e. The van der Waals surface area contributed by atoms with Gasteiger partial charge in [0.1, 0.15) is 11.6 Å². The van der Waals surface area contributed by atoms with E-state index >= 15 is 0 Å². The first-order valence-electron chi connectivity index (χ1n) is 6.01. The summed E-state index contributed by atoms with van der Waals surface area (Å²) in [6.07, 6.45) is 0. The average Bonchev–Trinajstić information content (AvgIpc) is 2.26. The van der Waals surface area contributed by atoms with Gasteiger partial charge in [-0.1, -0.05) is 0 Å². The highest BCUT2D eigenvalue weighted by Crippen LogP contribution is 2.20. The van der Waals surface area contributed by atoms with E-state index in [1.165, 1.54) is 4.31 Å². The van der Waals surface area contributed by atoms with Crippen LogP contribution in [0.5, 0.6) is 0 Å². The number of sulfonamides is 1. The Morgan fingerprint density at radius 1 is 1.11 bits per heavy atom. The van der Waals surface area contributed by atoms with E-state index < -0.39 is 21.7 Å². The SMILES string of the molecule is CC1CN(S(=O)(=O)c2cc(F)cc(F)c2)CC(C)N1. The summed E-state index contributed by atoms with van der Waals surface area (Å²) in [6.45, 7) is 4.30. The Morgan fingerprint density at radius 2 is 1.58 bits per heavy atom. The molecule has 0 aromatic heterocycles. The first-order chi connectivity index (χ1) is 8.79. The Morgan fingerprint density at radius 3 is 2.05 bits per heavy atom. The fourth-order valence-electron chi connectivity index (χ4n) is 2.30. The fourth-order valence-corrected chi connectivity index (χ4v) is 3.96. The Balaban J connectivity index is 2.36. The molecule has 0 spiro atoms. The van der Waals surface area contributed by atoms with Crippen LogP contribution < -0.4 is 5.32 Å². The van der Waals surface area contributed by atoms with E-state index in [1.807, 2.05) is 13.8 Å². The Bertz CT molecular complexity index is 547. The molecule has 1 saturated heterocycles. The standard InChI is InChI=1S/C12H16F2N2O2S/c1-8-6-16(7-9(2)15-8)19(17,18)12-4-10(13)3-11(14)5-12/h3-5,8-9,15H,6-7H2,1-2H3. The number of rotatable bonds is 2. The van der Waals surface area contributed by atoms with Gasteiger partial charge in [-0.15, -0.1) is 0 Å². The first kappa shape index (κ1) is 14.4. The maximum atomic E-state index is 13.1. The summed E-state index contributed by atoms with van der Waals surface area (Å²) in [4.78, 5) is -0.341. The van der Waals surface area contributed by atoms with Crippen LogP contribution in [0, 0.1) is 11.6 Å². The number of benzene rings is 1. The number of piperazine rings is 1. The molecule has 1 N–H and O–H groups in total. The smallest absolute Gasteiger partial charge is 0.243 e. The third-order valence-electron chi connectivity index (χ3n) is 3.00. The summed E-state index contributed by atoms with van der Waals surface area (Å²) in [5.41, 5.74) is 0. The summed E-state index contributed by atoms with van der Waals surface area (Å²) in [5.74, 6) is -1.79. The van der Waals surface area contributed by atoms with E-state index in [-0.39, 0.29) is 30.1 Å². The van der Waals surface area contributed by atoms with Crippen molar-refractivity contribution in [3.8, 4) is 0 Å². The van der Waals surface area contributed by atoms with Gasteiger partial charge in [0.05, 0.1) is 4.90 Å². The van der Waals surface area contributed by atoms with Crippen molar-refractivity contribution in [2.75, 3.05) is 13.1 Å². The molecule has 4 nitrogen and oxygen atoms in total. The average molecular weight is 290 g/mol. The molecular weight excluding hydrogens is 274 g/mol. The molecule has 1 aliphatic rings. The van der Waals surface area contributed by atoms with E-state index in [9.17, 15) is 17.2 Å². The summed E-state index contributed by atoms with van der Waals surface area (Å²) < 4.78 is 52.2. The minimum atomic E-state index is -3.86. The highest BCUT2D eigenvalue weighted by molar-refractivity contribution is 7.89. The predicted octanol–water partition coefficient (Wildman–Crippen LogP) is 1.34. The molecular formula is C12H16F2N2O2S. The van der Waals surface area contributed by atoms with Crippen molar-refractivity contribution >= 4 is 10.0 Å². The molecule has 0 amide bonds. The van der Waals surface area contributed by atoms with Crippen molar-refractivity contribution < 1.29 is 17.2 Å². The van der Waals surface area contributed by atoms with Crippen LogP contribution in [0.3, 0.4) is 0 Å². The van der Waals surface area contributed by atoms with E-state index in [0.717, 1.165) is 12.1 Å². The normalized spacial score (nSPS) is 25.5. The monoisotopic (exact) mass is 290 g/mol. The number of halogens is 2. The zero-order valence-corrected chi connectivity index (χ0v) is 11.5. The van der Waals surface area contributed by atoms with Crippen LogP contribution in [0.1, 0.15) is 13.8 Å². The zero-order chi connectivity index (χ0) is 14.2. The van der Waals surface area contributed by atoms with E-state index in [1.54, 1.807) is 0 Å². The van der Waals surface area contributed by atoms with Gasteiger partial charge in [0.25, 0.3) is 0 Å². The molecule has 1 fully saturated rings. The molecule has 19 heavy (non-hydrogen) atoms. The largest absolute Gasteiger partial charge is 0.309 e. The van der Waals surface area contributed by atoms with Crippen molar-refractivity contribution in [2.45, 2.75) is 30.8 Å². The Hall–Kier alpha value is -1.05. The van der Waals surface area contributed by atoms with E-state index in [4.69, 9.17) is 0 Å². The van der Waals surface area contributed by atoms with Gasteiger partial charge < -0.3 is 5.32 Å². The van der Waals surface area contributed by atoms with Gasteiger partial charge in [-0.2, -0.15) is 4.31 Å². The fraction of sp³-hybridized carbons (Fsp3) is 0.500. The van der Waals surface area contributed by atoms with Gasteiger partial charge in [-0.3, -0.25) is 0 Å². The highest BCUT2D eigenvalue weighted by Gasteiger charge is 2.31. The quantitative estimate of drug-likeness (QED) is 0.894. The molecule has 7 heteroatoms. The van der Waals surface area contributed by atoms with Crippen LogP contribution in [0.25, 0.3) is 0 Å². The van der Waals surface area contributed by atoms with Crippen LogP contribution in [-0.2, 0) is 10.0 Å². The van der Waals surface area contributed by atoms with E-state index in [0.29, 0.717) is 6.07 Å². The number of nitrogens with zero attached hydrogens (tertiary/aromatic N) is 1. The second-order valence-electron chi connectivity index (χ2n) is 4.90. The lowest BCUT2D eigenvalue weighted by Gasteiger charge is -2.35. The molecule has 1 heterocycles. The Kier molecular flexibility index (Phi) is 3.89. The van der Waals surface area contributed by atoms with Crippen LogP contribution in [-0.4, -0.2) is 37.9 Å². The van der Waals surface area contributed by atoms with Gasteiger partial charge in [-0.05, 0) is 26.0 Å². The molecule has 0 radical (unpaired) electrons. The van der Waals surface area contributed by atoms with E-state index in [2.05, 4.69) is 5.32 Å². The number of hydrogen-bond acceptors (Lipinski definition) is 3. The predicted molar refractivity (Wildman–Crippen MR) is 67.2 cm³/mol. The second kappa shape index (κ2) is 5.15. The number of hydrogen-bond donors (Lipinski definition) is 1. The van der Waals surface area contributed by atoms with Crippen molar-refractivity contribution in [2.24, 2.45) is 0 Å². The van der Waals surface area contributed by atoms with Crippen molar-refractivity contribution in [3.63, 3.8) is 0 Å². The second-order valence-corrected chi connectivity index (χ2v) is 6.83. The summed E-state index contributed by atoms with van der Waals surface area (Å²) in [5, 5.41) is 3.20. The molecule has 1 aromatic carbocycles. The maximum absolute atomic E-state index is 13.1. The molecule has 2 rings (SSSR count). The summed E-state index contributed by atoms with van der Waals surface area (Å²) in [6, 6.07) is 2.34. The first-order valence-corrected chi connectivity index (χ1v) is 7.45. The molecule has 2 atom stereocenters. The van der Waals surface area contributed by atoms with Crippen LogP contribution >= 0.6 is 0 Å². The topological polar surface area (TPSA) is 49.4 Å². The van der Waals surface area contributed by atoms with Crippen LogP contribution in [0.15, 0.2) is 23.1 Å². The van der Waals surface area contributed by atoms with Crippen LogP contribution in [0.2, 0.25) is 0 Å². The summed E-state index contributed by atoms with van der Waals surface area (Å²) in [7, 11) is -3.86. The van der Waals surface area contributed by atoms with Gasteiger partial charge in [0.15, 0.2) is 0 Å². The van der Waals surface area contributed by atoms with Crippen LogP contribution in [0.4, 0.5) is 8.78 Å². The van der Waals surface area contributed by atoms with Gasteiger partial charge >= 0.3 is 0 Å². The maximum Gasteiger partial charge on any atom is 0.243 e.